The Hall–Kier alpha value is -5.92. The highest BCUT2D eigenvalue weighted by Gasteiger charge is 2.39. The molecule has 0 heterocycles. The van der Waals surface area contributed by atoms with Crippen molar-refractivity contribution in [2.24, 2.45) is 0 Å². The van der Waals surface area contributed by atoms with Gasteiger partial charge in [0, 0.05) is 22.2 Å². The molecule has 0 fully saturated rings. The fraction of sp³-hybridized carbons (Fsp3) is 0.0638. The Kier molecular flexibility index (Phi) is 6.55. The zero-order chi connectivity index (χ0) is 32.2. The van der Waals surface area contributed by atoms with Gasteiger partial charge in [-0.25, -0.2) is 0 Å². The number of rotatable bonds is 5. The Morgan fingerprint density at radius 1 is 0.417 bits per heavy atom. The SMILES string of the molecule is CC1(C)c2ccccc2-c2c(N(c3ccc(-c4ccc5ccccc5c4)cc3)c3ccccc3-c3ccccc3)cc3ccccc3c21. The third-order valence-electron chi connectivity index (χ3n) is 10.2. The van der Waals surface area contributed by atoms with Gasteiger partial charge in [0.1, 0.15) is 0 Å². The summed E-state index contributed by atoms with van der Waals surface area (Å²) in [6, 6.07) is 64.3. The second-order valence-electron chi connectivity index (χ2n) is 13.4. The first-order valence-corrected chi connectivity index (χ1v) is 16.8. The summed E-state index contributed by atoms with van der Waals surface area (Å²) in [5, 5.41) is 5.09. The minimum Gasteiger partial charge on any atom is -0.309 e. The average molecular weight is 614 g/mol. The van der Waals surface area contributed by atoms with E-state index in [9.17, 15) is 0 Å². The quantitative estimate of drug-likeness (QED) is 0.187. The normalized spacial score (nSPS) is 13.0. The van der Waals surface area contributed by atoms with Gasteiger partial charge in [-0.05, 0) is 85.3 Å². The van der Waals surface area contributed by atoms with Crippen molar-refractivity contribution in [3.8, 4) is 33.4 Å². The molecule has 0 saturated heterocycles. The maximum absolute atomic E-state index is 2.50. The van der Waals surface area contributed by atoms with E-state index in [-0.39, 0.29) is 5.41 Å². The lowest BCUT2D eigenvalue weighted by Gasteiger charge is -2.31. The molecular formula is C47H35N. The monoisotopic (exact) mass is 613 g/mol. The van der Waals surface area contributed by atoms with Gasteiger partial charge in [-0.1, -0.05) is 159 Å². The highest BCUT2D eigenvalue weighted by Crippen LogP contribution is 2.57. The maximum Gasteiger partial charge on any atom is 0.0549 e. The third kappa shape index (κ3) is 4.47. The Bertz CT molecular complexity index is 2470. The van der Waals surface area contributed by atoms with Crippen molar-refractivity contribution in [3.63, 3.8) is 0 Å². The van der Waals surface area contributed by atoms with E-state index in [0.717, 1.165) is 11.4 Å². The number of fused-ring (bicyclic) bond motifs is 6. The lowest BCUT2D eigenvalue weighted by atomic mass is 9.80. The molecule has 8 aromatic carbocycles. The molecule has 1 aliphatic rings. The molecule has 0 aliphatic heterocycles. The Morgan fingerprint density at radius 3 is 1.85 bits per heavy atom. The summed E-state index contributed by atoms with van der Waals surface area (Å²) < 4.78 is 0. The van der Waals surface area contributed by atoms with Gasteiger partial charge < -0.3 is 4.90 Å². The zero-order valence-corrected chi connectivity index (χ0v) is 27.2. The molecule has 0 unspecified atom stereocenters. The minimum absolute atomic E-state index is 0.147. The molecule has 1 aliphatic carbocycles. The molecule has 0 saturated carbocycles. The maximum atomic E-state index is 2.50. The summed E-state index contributed by atoms with van der Waals surface area (Å²) in [6.45, 7) is 4.77. The van der Waals surface area contributed by atoms with Gasteiger partial charge in [-0.3, -0.25) is 0 Å². The number of anilines is 3. The Labute approximate surface area is 282 Å². The molecule has 0 aromatic heterocycles. The van der Waals surface area contributed by atoms with Gasteiger partial charge in [0.05, 0.1) is 11.4 Å². The van der Waals surface area contributed by atoms with E-state index in [2.05, 4.69) is 195 Å². The minimum atomic E-state index is -0.147. The smallest absolute Gasteiger partial charge is 0.0549 e. The van der Waals surface area contributed by atoms with Gasteiger partial charge in [0.25, 0.3) is 0 Å². The van der Waals surface area contributed by atoms with Crippen LogP contribution in [0.1, 0.15) is 25.0 Å². The molecule has 228 valence electrons. The second kappa shape index (κ2) is 11.1. The molecule has 0 bridgehead atoms. The van der Waals surface area contributed by atoms with E-state index in [4.69, 9.17) is 0 Å². The van der Waals surface area contributed by atoms with Gasteiger partial charge in [-0.15, -0.1) is 0 Å². The van der Waals surface area contributed by atoms with Crippen molar-refractivity contribution < 1.29 is 0 Å². The van der Waals surface area contributed by atoms with E-state index >= 15 is 0 Å². The lowest BCUT2D eigenvalue weighted by molar-refractivity contribution is 0.666. The van der Waals surface area contributed by atoms with E-state index in [1.165, 1.54) is 71.7 Å². The average Bonchev–Trinajstić information content (AvgIpc) is 3.39. The van der Waals surface area contributed by atoms with E-state index in [1.807, 2.05) is 0 Å². The van der Waals surface area contributed by atoms with E-state index in [1.54, 1.807) is 0 Å². The molecular weight excluding hydrogens is 579 g/mol. The molecule has 0 radical (unpaired) electrons. The van der Waals surface area contributed by atoms with Crippen LogP contribution in [0.3, 0.4) is 0 Å². The van der Waals surface area contributed by atoms with Gasteiger partial charge in [0.15, 0.2) is 0 Å². The topological polar surface area (TPSA) is 3.24 Å². The fourth-order valence-electron chi connectivity index (χ4n) is 7.92. The summed E-state index contributed by atoms with van der Waals surface area (Å²) in [5.74, 6) is 0. The van der Waals surface area contributed by atoms with Crippen LogP contribution in [-0.4, -0.2) is 0 Å². The summed E-state index contributed by atoms with van der Waals surface area (Å²) in [5.41, 5.74) is 13.6. The lowest BCUT2D eigenvalue weighted by Crippen LogP contribution is -2.17. The predicted octanol–water partition coefficient (Wildman–Crippen LogP) is 13.1. The van der Waals surface area contributed by atoms with Crippen molar-refractivity contribution in [1.82, 2.24) is 0 Å². The first-order valence-electron chi connectivity index (χ1n) is 16.8. The highest BCUT2D eigenvalue weighted by molar-refractivity contribution is 6.06. The molecule has 1 heteroatoms. The summed E-state index contributed by atoms with van der Waals surface area (Å²) in [6.07, 6.45) is 0. The molecule has 0 atom stereocenters. The van der Waals surface area contributed by atoms with Crippen LogP contribution in [0.15, 0.2) is 176 Å². The second-order valence-corrected chi connectivity index (χ2v) is 13.4. The van der Waals surface area contributed by atoms with Crippen LogP contribution < -0.4 is 4.90 Å². The molecule has 0 N–H and O–H groups in total. The van der Waals surface area contributed by atoms with E-state index in [0.29, 0.717) is 0 Å². The summed E-state index contributed by atoms with van der Waals surface area (Å²) >= 11 is 0. The Balaban J connectivity index is 1.31. The van der Waals surface area contributed by atoms with Crippen molar-refractivity contribution in [3.05, 3.63) is 187 Å². The highest BCUT2D eigenvalue weighted by atomic mass is 15.1. The molecule has 0 amide bonds. The molecule has 48 heavy (non-hydrogen) atoms. The van der Waals surface area contributed by atoms with Crippen LogP contribution in [0.25, 0.3) is 54.9 Å². The number of benzene rings is 8. The first-order chi connectivity index (χ1) is 23.6. The largest absolute Gasteiger partial charge is 0.309 e. The molecule has 0 spiro atoms. The molecule has 8 aromatic rings. The van der Waals surface area contributed by atoms with Crippen molar-refractivity contribution in [1.29, 1.82) is 0 Å². The van der Waals surface area contributed by atoms with Gasteiger partial charge in [-0.2, -0.15) is 0 Å². The molecule has 9 rings (SSSR count). The summed E-state index contributed by atoms with van der Waals surface area (Å²) in [7, 11) is 0. The van der Waals surface area contributed by atoms with Crippen LogP contribution in [-0.2, 0) is 5.41 Å². The number of nitrogens with zero attached hydrogens (tertiary/aromatic N) is 1. The summed E-state index contributed by atoms with van der Waals surface area (Å²) in [4.78, 5) is 2.50. The van der Waals surface area contributed by atoms with Crippen molar-refractivity contribution >= 4 is 38.6 Å². The Morgan fingerprint density at radius 2 is 1.04 bits per heavy atom. The van der Waals surface area contributed by atoms with Crippen molar-refractivity contribution in [2.45, 2.75) is 19.3 Å². The van der Waals surface area contributed by atoms with Crippen LogP contribution in [0.4, 0.5) is 17.1 Å². The van der Waals surface area contributed by atoms with Crippen LogP contribution in [0.2, 0.25) is 0 Å². The van der Waals surface area contributed by atoms with Crippen LogP contribution in [0, 0.1) is 0 Å². The number of hydrogen-bond donors (Lipinski definition) is 0. The zero-order valence-electron chi connectivity index (χ0n) is 27.2. The number of hydrogen-bond acceptors (Lipinski definition) is 1. The van der Waals surface area contributed by atoms with Crippen LogP contribution in [0.5, 0.6) is 0 Å². The van der Waals surface area contributed by atoms with E-state index < -0.39 is 0 Å². The van der Waals surface area contributed by atoms with Crippen LogP contribution >= 0.6 is 0 Å². The number of para-hydroxylation sites is 1. The standard InChI is InChI=1S/C47H35N/c1-47(2)42-22-12-10-21-41(42)45-44(31-37-18-8-9-20-40(37)46(45)47)48(43-23-13-11-19-39(43)34-15-4-3-5-16-34)38-28-26-33(27-29-38)36-25-24-32-14-6-7-17-35(32)30-36/h3-31H,1-2H3. The van der Waals surface area contributed by atoms with Gasteiger partial charge >= 0.3 is 0 Å². The predicted molar refractivity (Wildman–Crippen MR) is 205 cm³/mol. The van der Waals surface area contributed by atoms with Crippen molar-refractivity contribution in [2.75, 3.05) is 4.90 Å². The fourth-order valence-corrected chi connectivity index (χ4v) is 7.92. The third-order valence-corrected chi connectivity index (χ3v) is 10.2. The van der Waals surface area contributed by atoms with Gasteiger partial charge in [0.2, 0.25) is 0 Å². The first kappa shape index (κ1) is 28.3. The molecule has 1 nitrogen and oxygen atoms in total.